The van der Waals surface area contributed by atoms with Crippen LogP contribution in [0.4, 0.5) is 0 Å². The lowest BCUT2D eigenvalue weighted by Crippen LogP contribution is -2.38. The standard InChI is InChI=1S/C9H22N2O/c1-4-5-6-11(2)7-9(10)8-12-3/h9H,4-8,10H2,1-3H3. The van der Waals surface area contributed by atoms with Crippen LogP contribution in [0.15, 0.2) is 0 Å². The lowest BCUT2D eigenvalue weighted by atomic mass is 10.3. The van der Waals surface area contributed by atoms with Crippen molar-refractivity contribution in [3.05, 3.63) is 0 Å². The van der Waals surface area contributed by atoms with Crippen molar-refractivity contribution in [3.8, 4) is 0 Å². The normalized spacial score (nSPS) is 13.8. The zero-order chi connectivity index (χ0) is 9.40. The van der Waals surface area contributed by atoms with Gasteiger partial charge in [0, 0.05) is 19.7 Å². The molecule has 0 amide bonds. The molecule has 0 aliphatic carbocycles. The van der Waals surface area contributed by atoms with Crippen LogP contribution in [0.25, 0.3) is 0 Å². The first kappa shape index (κ1) is 11.9. The Balaban J connectivity index is 3.33. The first-order valence-corrected chi connectivity index (χ1v) is 4.63. The second-order valence-corrected chi connectivity index (χ2v) is 3.33. The molecule has 1 unspecified atom stereocenters. The highest BCUT2D eigenvalue weighted by molar-refractivity contribution is 4.64. The predicted molar refractivity (Wildman–Crippen MR) is 52.3 cm³/mol. The van der Waals surface area contributed by atoms with E-state index < -0.39 is 0 Å². The quantitative estimate of drug-likeness (QED) is 0.617. The van der Waals surface area contributed by atoms with Gasteiger partial charge in [0.2, 0.25) is 0 Å². The topological polar surface area (TPSA) is 38.5 Å². The summed E-state index contributed by atoms with van der Waals surface area (Å²) < 4.78 is 4.96. The van der Waals surface area contributed by atoms with Crippen molar-refractivity contribution in [2.45, 2.75) is 25.8 Å². The average molecular weight is 174 g/mol. The summed E-state index contributed by atoms with van der Waals surface area (Å²) in [6.07, 6.45) is 2.49. The fourth-order valence-electron chi connectivity index (χ4n) is 1.19. The second-order valence-electron chi connectivity index (χ2n) is 3.33. The van der Waals surface area contributed by atoms with Crippen LogP contribution in [0.5, 0.6) is 0 Å². The Morgan fingerprint density at radius 1 is 1.50 bits per heavy atom. The summed E-state index contributed by atoms with van der Waals surface area (Å²) in [5, 5.41) is 0. The molecule has 3 heteroatoms. The van der Waals surface area contributed by atoms with Crippen molar-refractivity contribution < 1.29 is 4.74 Å². The zero-order valence-corrected chi connectivity index (χ0v) is 8.55. The molecule has 0 bridgehead atoms. The molecule has 0 rings (SSSR count). The lowest BCUT2D eigenvalue weighted by Gasteiger charge is -2.20. The van der Waals surface area contributed by atoms with Crippen molar-refractivity contribution in [1.29, 1.82) is 0 Å². The predicted octanol–water partition coefficient (Wildman–Crippen LogP) is 0.692. The highest BCUT2D eigenvalue weighted by Crippen LogP contribution is 1.92. The van der Waals surface area contributed by atoms with E-state index in [4.69, 9.17) is 10.5 Å². The van der Waals surface area contributed by atoms with Gasteiger partial charge in [-0.1, -0.05) is 13.3 Å². The average Bonchev–Trinajstić information content (AvgIpc) is 2.01. The van der Waals surface area contributed by atoms with Gasteiger partial charge in [0.25, 0.3) is 0 Å². The van der Waals surface area contributed by atoms with E-state index in [1.54, 1.807) is 7.11 Å². The molecule has 0 spiro atoms. The first-order valence-electron chi connectivity index (χ1n) is 4.63. The minimum atomic E-state index is 0.150. The van der Waals surface area contributed by atoms with Crippen LogP contribution in [0, 0.1) is 0 Å². The molecule has 3 nitrogen and oxygen atoms in total. The number of nitrogens with two attached hydrogens (primary N) is 1. The number of methoxy groups -OCH3 is 1. The number of ether oxygens (including phenoxy) is 1. The van der Waals surface area contributed by atoms with Crippen LogP contribution in [0.1, 0.15) is 19.8 Å². The molecule has 0 aromatic rings. The lowest BCUT2D eigenvalue weighted by molar-refractivity contribution is 0.161. The van der Waals surface area contributed by atoms with Gasteiger partial charge < -0.3 is 15.4 Å². The van der Waals surface area contributed by atoms with Gasteiger partial charge in [-0.05, 0) is 20.0 Å². The smallest absolute Gasteiger partial charge is 0.0626 e. The Hall–Kier alpha value is -0.120. The summed E-state index contributed by atoms with van der Waals surface area (Å²) in [6.45, 7) is 4.90. The Morgan fingerprint density at radius 3 is 2.67 bits per heavy atom. The highest BCUT2D eigenvalue weighted by atomic mass is 16.5. The summed E-state index contributed by atoms with van der Waals surface area (Å²) in [5.41, 5.74) is 5.79. The fourth-order valence-corrected chi connectivity index (χ4v) is 1.19. The van der Waals surface area contributed by atoms with E-state index in [2.05, 4.69) is 18.9 Å². The number of nitrogens with zero attached hydrogens (tertiary/aromatic N) is 1. The Labute approximate surface area is 75.9 Å². The van der Waals surface area contributed by atoms with Crippen LogP contribution in [-0.4, -0.2) is 44.8 Å². The van der Waals surface area contributed by atoms with E-state index in [0.29, 0.717) is 6.61 Å². The van der Waals surface area contributed by atoms with Crippen molar-refractivity contribution in [2.75, 3.05) is 33.9 Å². The van der Waals surface area contributed by atoms with Gasteiger partial charge in [0.1, 0.15) is 0 Å². The van der Waals surface area contributed by atoms with Gasteiger partial charge >= 0.3 is 0 Å². The van der Waals surface area contributed by atoms with Gasteiger partial charge in [-0.25, -0.2) is 0 Å². The van der Waals surface area contributed by atoms with Crippen LogP contribution in [-0.2, 0) is 4.74 Å². The molecule has 0 aliphatic heterocycles. The van der Waals surface area contributed by atoms with Gasteiger partial charge in [-0.3, -0.25) is 0 Å². The molecule has 12 heavy (non-hydrogen) atoms. The Bertz CT molecular complexity index is 98.5. The third-order valence-electron chi connectivity index (χ3n) is 1.82. The molecule has 1 atom stereocenters. The number of hydrogen-bond acceptors (Lipinski definition) is 3. The number of rotatable bonds is 7. The van der Waals surface area contributed by atoms with E-state index in [1.165, 1.54) is 12.8 Å². The molecule has 2 N–H and O–H groups in total. The molecule has 0 radical (unpaired) electrons. The van der Waals surface area contributed by atoms with Gasteiger partial charge in [-0.15, -0.1) is 0 Å². The van der Waals surface area contributed by atoms with Crippen LogP contribution >= 0.6 is 0 Å². The largest absolute Gasteiger partial charge is 0.383 e. The Kier molecular flexibility index (Phi) is 7.45. The van der Waals surface area contributed by atoms with Crippen molar-refractivity contribution in [2.24, 2.45) is 5.73 Å². The van der Waals surface area contributed by atoms with Crippen molar-refractivity contribution in [1.82, 2.24) is 4.90 Å². The third-order valence-corrected chi connectivity index (χ3v) is 1.82. The molecule has 0 saturated carbocycles. The van der Waals surface area contributed by atoms with Crippen LogP contribution in [0.3, 0.4) is 0 Å². The summed E-state index contributed by atoms with van der Waals surface area (Å²) >= 11 is 0. The molecule has 0 aromatic carbocycles. The summed E-state index contributed by atoms with van der Waals surface area (Å²) in [4.78, 5) is 2.26. The molecule has 0 saturated heterocycles. The summed E-state index contributed by atoms with van der Waals surface area (Å²) in [6, 6.07) is 0.150. The molecule has 74 valence electrons. The molecular formula is C9H22N2O. The van der Waals surface area contributed by atoms with Crippen LogP contribution < -0.4 is 5.73 Å². The van der Waals surface area contributed by atoms with Gasteiger partial charge in [-0.2, -0.15) is 0 Å². The van der Waals surface area contributed by atoms with E-state index in [-0.39, 0.29) is 6.04 Å². The molecule has 0 heterocycles. The molecule has 0 aromatic heterocycles. The Morgan fingerprint density at radius 2 is 2.17 bits per heavy atom. The maximum absolute atomic E-state index is 5.79. The van der Waals surface area contributed by atoms with Gasteiger partial charge in [0.05, 0.1) is 6.61 Å². The number of hydrogen-bond donors (Lipinski definition) is 1. The minimum absolute atomic E-state index is 0.150. The van der Waals surface area contributed by atoms with Crippen LogP contribution in [0.2, 0.25) is 0 Å². The maximum Gasteiger partial charge on any atom is 0.0626 e. The van der Waals surface area contributed by atoms with Gasteiger partial charge in [0.15, 0.2) is 0 Å². The maximum atomic E-state index is 5.79. The van der Waals surface area contributed by atoms with E-state index in [9.17, 15) is 0 Å². The number of likely N-dealkylation sites (N-methyl/N-ethyl adjacent to an activating group) is 1. The highest BCUT2D eigenvalue weighted by Gasteiger charge is 2.04. The van der Waals surface area contributed by atoms with E-state index in [0.717, 1.165) is 13.1 Å². The summed E-state index contributed by atoms with van der Waals surface area (Å²) in [7, 11) is 3.79. The molecular weight excluding hydrogens is 152 g/mol. The van der Waals surface area contributed by atoms with Crippen molar-refractivity contribution in [3.63, 3.8) is 0 Å². The van der Waals surface area contributed by atoms with E-state index in [1.807, 2.05) is 0 Å². The van der Waals surface area contributed by atoms with Crippen molar-refractivity contribution >= 4 is 0 Å². The molecule has 0 aliphatic rings. The van der Waals surface area contributed by atoms with E-state index >= 15 is 0 Å². The third kappa shape index (κ3) is 6.58. The second kappa shape index (κ2) is 7.53. The zero-order valence-electron chi connectivity index (χ0n) is 8.55. The number of unbranched alkanes of at least 4 members (excludes halogenated alkanes) is 1. The minimum Gasteiger partial charge on any atom is -0.383 e. The first-order chi connectivity index (χ1) is 5.70. The monoisotopic (exact) mass is 174 g/mol. The molecule has 0 fully saturated rings. The fraction of sp³-hybridized carbons (Fsp3) is 1.00. The SMILES string of the molecule is CCCCN(C)CC(N)COC. The summed E-state index contributed by atoms with van der Waals surface area (Å²) in [5.74, 6) is 0.